The monoisotopic (exact) mass is 275 g/mol. The summed E-state index contributed by atoms with van der Waals surface area (Å²) < 4.78 is 9.93. The van der Waals surface area contributed by atoms with Crippen molar-refractivity contribution in [3.63, 3.8) is 0 Å². The highest BCUT2D eigenvalue weighted by Crippen LogP contribution is 2.59. The zero-order valence-corrected chi connectivity index (χ0v) is 11.6. The molecular weight excluding hydrogens is 258 g/mol. The number of methoxy groups -OCH3 is 2. The van der Waals surface area contributed by atoms with E-state index < -0.39 is 11.5 Å². The Morgan fingerprint density at radius 1 is 1.30 bits per heavy atom. The Labute approximate surface area is 117 Å². The van der Waals surface area contributed by atoms with E-state index in [1.165, 1.54) is 7.11 Å². The van der Waals surface area contributed by atoms with Gasteiger partial charge in [-0.05, 0) is 30.5 Å². The summed E-state index contributed by atoms with van der Waals surface area (Å²) in [7, 11) is 2.98. The van der Waals surface area contributed by atoms with Crippen LogP contribution in [0.5, 0.6) is 5.75 Å². The second-order valence-electron chi connectivity index (χ2n) is 5.36. The summed E-state index contributed by atoms with van der Waals surface area (Å²) in [6, 6.07) is 7.08. The zero-order chi connectivity index (χ0) is 14.3. The van der Waals surface area contributed by atoms with Crippen molar-refractivity contribution in [1.29, 1.82) is 0 Å². The summed E-state index contributed by atoms with van der Waals surface area (Å²) in [6.07, 6.45) is 1.59. The molecule has 3 rings (SSSR count). The number of rotatable bonds is 4. The predicted octanol–water partition coefficient (Wildman–Crippen LogP) is 1.36. The van der Waals surface area contributed by atoms with Crippen LogP contribution in [-0.2, 0) is 20.9 Å². The van der Waals surface area contributed by atoms with Gasteiger partial charge in [0, 0.05) is 6.54 Å². The molecule has 1 aliphatic heterocycles. The number of hydrogen-bond acceptors (Lipinski definition) is 4. The van der Waals surface area contributed by atoms with Crippen molar-refractivity contribution in [3.8, 4) is 5.75 Å². The standard InChI is InChI=1S/C15H17NO4/c1-19-11-5-3-10(4-6-11)9-16-12(13(17)20-2)15(7-8-15)14(16)18/h3-6,12H,7-9H2,1-2H3. The van der Waals surface area contributed by atoms with Crippen LogP contribution in [0.15, 0.2) is 24.3 Å². The fourth-order valence-corrected chi connectivity index (χ4v) is 2.93. The molecule has 1 aromatic rings. The van der Waals surface area contributed by atoms with Gasteiger partial charge in [-0.1, -0.05) is 12.1 Å². The van der Waals surface area contributed by atoms with Crippen LogP contribution in [0.2, 0.25) is 0 Å². The van der Waals surface area contributed by atoms with Gasteiger partial charge in [0.25, 0.3) is 0 Å². The van der Waals surface area contributed by atoms with E-state index in [9.17, 15) is 9.59 Å². The number of amides is 1. The van der Waals surface area contributed by atoms with Crippen LogP contribution >= 0.6 is 0 Å². The van der Waals surface area contributed by atoms with Crippen molar-refractivity contribution >= 4 is 11.9 Å². The highest BCUT2D eigenvalue weighted by atomic mass is 16.5. The molecule has 1 spiro atoms. The molecule has 1 saturated heterocycles. The van der Waals surface area contributed by atoms with Crippen LogP contribution in [0.3, 0.4) is 0 Å². The number of likely N-dealkylation sites (tertiary alicyclic amines) is 1. The Morgan fingerprint density at radius 3 is 2.45 bits per heavy atom. The summed E-state index contributed by atoms with van der Waals surface area (Å²) in [6.45, 7) is 0.435. The van der Waals surface area contributed by atoms with Gasteiger partial charge in [0.05, 0.1) is 19.6 Å². The third-order valence-electron chi connectivity index (χ3n) is 4.25. The first-order chi connectivity index (χ1) is 9.62. The Balaban J connectivity index is 1.75. The number of carbonyl (C=O) groups excluding carboxylic acids is 2. The first kappa shape index (κ1) is 13.0. The summed E-state index contributed by atoms with van der Waals surface area (Å²) in [5.74, 6) is 0.534. The topological polar surface area (TPSA) is 55.8 Å². The van der Waals surface area contributed by atoms with Gasteiger partial charge in [-0.25, -0.2) is 4.79 Å². The van der Waals surface area contributed by atoms with Gasteiger partial charge in [-0.3, -0.25) is 4.79 Å². The van der Waals surface area contributed by atoms with E-state index in [1.807, 2.05) is 24.3 Å². The van der Waals surface area contributed by atoms with E-state index in [0.29, 0.717) is 6.54 Å². The van der Waals surface area contributed by atoms with E-state index in [0.717, 1.165) is 24.2 Å². The average molecular weight is 275 g/mol. The molecule has 1 aliphatic carbocycles. The molecule has 1 atom stereocenters. The van der Waals surface area contributed by atoms with E-state index in [2.05, 4.69) is 0 Å². The normalized spacial score (nSPS) is 22.4. The first-order valence-corrected chi connectivity index (χ1v) is 6.64. The maximum absolute atomic E-state index is 12.2. The van der Waals surface area contributed by atoms with Crippen molar-refractivity contribution in [2.75, 3.05) is 14.2 Å². The van der Waals surface area contributed by atoms with Gasteiger partial charge in [0.1, 0.15) is 11.8 Å². The quantitative estimate of drug-likeness (QED) is 0.615. The summed E-state index contributed by atoms with van der Waals surface area (Å²) in [5.41, 5.74) is 0.531. The molecule has 0 N–H and O–H groups in total. The second-order valence-corrected chi connectivity index (χ2v) is 5.36. The zero-order valence-electron chi connectivity index (χ0n) is 11.6. The molecule has 20 heavy (non-hydrogen) atoms. The number of benzene rings is 1. The number of ether oxygens (including phenoxy) is 2. The first-order valence-electron chi connectivity index (χ1n) is 6.64. The third kappa shape index (κ3) is 1.77. The lowest BCUT2D eigenvalue weighted by Gasteiger charge is -2.46. The SMILES string of the molecule is COC(=O)C1N(Cc2ccc(OC)cc2)C(=O)C12CC2. The fourth-order valence-electron chi connectivity index (χ4n) is 2.93. The van der Waals surface area contributed by atoms with Crippen LogP contribution in [0.25, 0.3) is 0 Å². The maximum Gasteiger partial charge on any atom is 0.329 e. The minimum absolute atomic E-state index is 0.0729. The molecule has 0 aromatic heterocycles. The molecule has 1 heterocycles. The molecule has 2 fully saturated rings. The van der Waals surface area contributed by atoms with Gasteiger partial charge in [0.15, 0.2) is 0 Å². The summed E-state index contributed by atoms with van der Waals surface area (Å²) in [5, 5.41) is 0. The average Bonchev–Trinajstić information content (AvgIpc) is 3.29. The van der Waals surface area contributed by atoms with Gasteiger partial charge in [-0.15, -0.1) is 0 Å². The Morgan fingerprint density at radius 2 is 1.95 bits per heavy atom. The van der Waals surface area contributed by atoms with Gasteiger partial charge >= 0.3 is 5.97 Å². The lowest BCUT2D eigenvalue weighted by Crippen LogP contribution is -2.65. The van der Waals surface area contributed by atoms with Crippen LogP contribution in [0, 0.1) is 5.41 Å². The number of carbonyl (C=O) groups is 2. The van der Waals surface area contributed by atoms with Crippen LogP contribution < -0.4 is 4.74 Å². The van der Waals surface area contributed by atoms with Gasteiger partial charge in [-0.2, -0.15) is 0 Å². The molecule has 2 aliphatic rings. The Hall–Kier alpha value is -2.04. The van der Waals surface area contributed by atoms with Crippen molar-refractivity contribution in [2.45, 2.75) is 25.4 Å². The molecule has 0 radical (unpaired) electrons. The molecule has 1 unspecified atom stereocenters. The van der Waals surface area contributed by atoms with Gasteiger partial charge in [0.2, 0.25) is 5.91 Å². The Kier molecular flexibility index (Phi) is 2.92. The van der Waals surface area contributed by atoms with Crippen molar-refractivity contribution in [2.24, 2.45) is 5.41 Å². The molecular formula is C15H17NO4. The van der Waals surface area contributed by atoms with E-state index in [1.54, 1.807) is 12.0 Å². The minimum atomic E-state index is -0.445. The lowest BCUT2D eigenvalue weighted by molar-refractivity contribution is -0.176. The lowest BCUT2D eigenvalue weighted by atomic mass is 9.83. The molecule has 106 valence electrons. The smallest absolute Gasteiger partial charge is 0.329 e. The molecule has 5 nitrogen and oxygen atoms in total. The molecule has 1 aromatic carbocycles. The number of nitrogens with zero attached hydrogens (tertiary/aromatic N) is 1. The van der Waals surface area contributed by atoms with E-state index in [4.69, 9.17) is 9.47 Å². The molecule has 0 bridgehead atoms. The summed E-state index contributed by atoms with van der Waals surface area (Å²) >= 11 is 0. The number of hydrogen-bond donors (Lipinski definition) is 0. The van der Waals surface area contributed by atoms with E-state index in [-0.39, 0.29) is 11.9 Å². The third-order valence-corrected chi connectivity index (χ3v) is 4.25. The maximum atomic E-state index is 12.2. The van der Waals surface area contributed by atoms with Crippen molar-refractivity contribution in [3.05, 3.63) is 29.8 Å². The number of β-lactam (4-membered cyclic amide) rings is 1. The molecule has 5 heteroatoms. The molecule has 1 amide bonds. The highest BCUT2D eigenvalue weighted by Gasteiger charge is 2.70. The fraction of sp³-hybridized carbons (Fsp3) is 0.467. The largest absolute Gasteiger partial charge is 0.497 e. The van der Waals surface area contributed by atoms with Crippen LogP contribution in [0.4, 0.5) is 0 Å². The predicted molar refractivity (Wildman–Crippen MR) is 71.0 cm³/mol. The van der Waals surface area contributed by atoms with E-state index >= 15 is 0 Å². The van der Waals surface area contributed by atoms with Gasteiger partial charge < -0.3 is 14.4 Å². The second kappa shape index (κ2) is 4.51. The highest BCUT2D eigenvalue weighted by molar-refractivity contribution is 6.02. The summed E-state index contributed by atoms with van der Waals surface area (Å²) in [4.78, 5) is 25.7. The van der Waals surface area contributed by atoms with Crippen molar-refractivity contribution in [1.82, 2.24) is 4.90 Å². The van der Waals surface area contributed by atoms with Crippen LogP contribution in [0.1, 0.15) is 18.4 Å². The number of esters is 1. The van der Waals surface area contributed by atoms with Crippen LogP contribution in [-0.4, -0.2) is 37.0 Å². The van der Waals surface area contributed by atoms with Crippen molar-refractivity contribution < 1.29 is 19.1 Å². The Bertz CT molecular complexity index is 547. The molecule has 1 saturated carbocycles. The minimum Gasteiger partial charge on any atom is -0.497 e.